The lowest BCUT2D eigenvalue weighted by molar-refractivity contribution is -0.132. The minimum Gasteiger partial charge on any atom is -0.427 e. The number of carbonyl (C=O) groups excluding carboxylic acids is 3. The van der Waals surface area contributed by atoms with E-state index < -0.39 is 17.9 Å². The molecule has 0 saturated carbocycles. The van der Waals surface area contributed by atoms with Crippen LogP contribution in [0.25, 0.3) is 65.4 Å². The van der Waals surface area contributed by atoms with Crippen LogP contribution in [-0.2, 0) is 14.4 Å². The highest BCUT2D eigenvalue weighted by Crippen LogP contribution is 2.45. The molecule has 0 fully saturated rings. The Morgan fingerprint density at radius 1 is 0.487 bits per heavy atom. The van der Waals surface area contributed by atoms with Crippen molar-refractivity contribution in [3.05, 3.63) is 54.6 Å². The summed E-state index contributed by atoms with van der Waals surface area (Å²) < 4.78 is 16.2. The van der Waals surface area contributed by atoms with Gasteiger partial charge in [-0.25, -0.2) is 0 Å². The van der Waals surface area contributed by atoms with Crippen LogP contribution in [0.3, 0.4) is 0 Å². The molecular formula is C30H21N3O6. The summed E-state index contributed by atoms with van der Waals surface area (Å²) in [6, 6.07) is 16.4. The highest BCUT2D eigenvalue weighted by Gasteiger charge is 2.22. The van der Waals surface area contributed by atoms with Crippen LogP contribution in [-0.4, -0.2) is 32.9 Å². The molecule has 0 radical (unpaired) electrons. The fourth-order valence-corrected chi connectivity index (χ4v) is 5.54. The third kappa shape index (κ3) is 3.51. The van der Waals surface area contributed by atoms with Gasteiger partial charge in [0.2, 0.25) is 0 Å². The molecule has 3 aromatic heterocycles. The molecule has 39 heavy (non-hydrogen) atoms. The van der Waals surface area contributed by atoms with Gasteiger partial charge in [0.05, 0.1) is 16.6 Å². The molecule has 192 valence electrons. The van der Waals surface area contributed by atoms with E-state index >= 15 is 0 Å². The van der Waals surface area contributed by atoms with E-state index in [1.54, 1.807) is 18.2 Å². The average molecular weight is 520 g/mol. The van der Waals surface area contributed by atoms with Gasteiger partial charge in [-0.2, -0.15) is 0 Å². The fraction of sp³-hybridized carbons (Fsp3) is 0.100. The quantitative estimate of drug-likeness (QED) is 0.184. The van der Waals surface area contributed by atoms with Crippen molar-refractivity contribution in [2.45, 2.75) is 20.8 Å². The fourth-order valence-electron chi connectivity index (χ4n) is 5.54. The number of benzene rings is 4. The van der Waals surface area contributed by atoms with E-state index in [0.29, 0.717) is 17.2 Å². The summed E-state index contributed by atoms with van der Waals surface area (Å²) in [6.07, 6.45) is 0. The zero-order valence-corrected chi connectivity index (χ0v) is 21.1. The van der Waals surface area contributed by atoms with Gasteiger partial charge in [0.15, 0.2) is 0 Å². The predicted octanol–water partition coefficient (Wildman–Crippen LogP) is 6.37. The number of H-pyrrole nitrogens is 3. The number of carbonyl (C=O) groups is 3. The van der Waals surface area contributed by atoms with E-state index in [1.165, 1.54) is 20.8 Å². The van der Waals surface area contributed by atoms with Crippen LogP contribution in [0.15, 0.2) is 54.6 Å². The van der Waals surface area contributed by atoms with Crippen molar-refractivity contribution in [1.82, 2.24) is 15.0 Å². The lowest BCUT2D eigenvalue weighted by Gasteiger charge is -2.03. The second-order valence-corrected chi connectivity index (χ2v) is 9.53. The first-order chi connectivity index (χ1) is 18.8. The van der Waals surface area contributed by atoms with Crippen molar-refractivity contribution in [2.24, 2.45) is 0 Å². The summed E-state index contributed by atoms with van der Waals surface area (Å²) in [5.74, 6) is 0.107. The van der Waals surface area contributed by atoms with Crippen molar-refractivity contribution in [3.8, 4) is 17.2 Å². The highest BCUT2D eigenvalue weighted by molar-refractivity contribution is 6.38. The van der Waals surface area contributed by atoms with Gasteiger partial charge in [-0.3, -0.25) is 14.4 Å². The number of aromatic amines is 3. The molecule has 3 N–H and O–H groups in total. The first-order valence-electron chi connectivity index (χ1n) is 12.3. The lowest BCUT2D eigenvalue weighted by atomic mass is 10.0. The summed E-state index contributed by atoms with van der Waals surface area (Å²) in [6.45, 7) is 4.10. The topological polar surface area (TPSA) is 126 Å². The van der Waals surface area contributed by atoms with E-state index in [1.807, 2.05) is 36.4 Å². The molecule has 7 aromatic rings. The summed E-state index contributed by atoms with van der Waals surface area (Å²) in [4.78, 5) is 45.7. The van der Waals surface area contributed by atoms with Gasteiger partial charge in [0.1, 0.15) is 17.2 Å². The third-order valence-corrected chi connectivity index (χ3v) is 6.84. The van der Waals surface area contributed by atoms with Crippen molar-refractivity contribution < 1.29 is 28.6 Å². The van der Waals surface area contributed by atoms with Crippen LogP contribution in [0.1, 0.15) is 20.8 Å². The van der Waals surface area contributed by atoms with Gasteiger partial charge in [-0.1, -0.05) is 0 Å². The molecule has 0 saturated heterocycles. The molecule has 0 atom stereocenters. The number of fused-ring (bicyclic) bond motifs is 12. The standard InChI is InChI=1S/C30H21N3O6/c1-13(34)37-16-4-7-22-19(10-16)25-28(31-22)26-21-12-18(39-15(3)36)6-9-24(21)33-30(26)27-20-11-17(38-14(2)35)5-8-23(20)32-29(25)27/h4-12,31-33H,1-3H3. The van der Waals surface area contributed by atoms with E-state index in [4.69, 9.17) is 14.2 Å². The van der Waals surface area contributed by atoms with E-state index in [9.17, 15) is 14.4 Å². The number of hydrogen-bond donors (Lipinski definition) is 3. The molecule has 0 amide bonds. The van der Waals surface area contributed by atoms with Crippen LogP contribution in [0.5, 0.6) is 17.2 Å². The first-order valence-corrected chi connectivity index (χ1v) is 12.3. The smallest absolute Gasteiger partial charge is 0.308 e. The molecule has 4 aromatic carbocycles. The van der Waals surface area contributed by atoms with Crippen molar-refractivity contribution >= 4 is 83.3 Å². The Labute approximate surface area is 219 Å². The number of nitrogens with one attached hydrogen (secondary N) is 3. The second kappa shape index (κ2) is 8.09. The SMILES string of the molecule is CC(=O)Oc1ccc2[nH]c3c(c2c1)c1[nH]c2ccc(OC(C)=O)cc2c1c1[nH]c2ccc(OC(C)=O)cc2c31. The Morgan fingerprint density at radius 2 is 0.769 bits per heavy atom. The Balaban J connectivity index is 1.68. The zero-order chi connectivity index (χ0) is 27.0. The maximum Gasteiger partial charge on any atom is 0.308 e. The Morgan fingerprint density at radius 3 is 1.03 bits per heavy atom. The number of esters is 3. The lowest BCUT2D eigenvalue weighted by Crippen LogP contribution is -2.00. The van der Waals surface area contributed by atoms with Crippen LogP contribution in [0, 0.1) is 0 Å². The molecule has 3 heterocycles. The van der Waals surface area contributed by atoms with Crippen LogP contribution < -0.4 is 14.2 Å². The molecule has 0 aliphatic carbocycles. The number of aromatic nitrogens is 3. The van der Waals surface area contributed by atoms with Crippen molar-refractivity contribution in [2.75, 3.05) is 0 Å². The maximum atomic E-state index is 11.7. The van der Waals surface area contributed by atoms with Crippen LogP contribution >= 0.6 is 0 Å². The molecular weight excluding hydrogens is 498 g/mol. The van der Waals surface area contributed by atoms with Gasteiger partial charge in [0.25, 0.3) is 0 Å². The number of rotatable bonds is 3. The highest BCUT2D eigenvalue weighted by atomic mass is 16.5. The van der Waals surface area contributed by atoms with Crippen LogP contribution in [0.2, 0.25) is 0 Å². The maximum absolute atomic E-state index is 11.7. The Hall–Kier alpha value is -5.31. The molecule has 0 aliphatic heterocycles. The predicted molar refractivity (Wildman–Crippen MR) is 148 cm³/mol. The largest absolute Gasteiger partial charge is 0.427 e. The molecule has 0 spiro atoms. The molecule has 9 nitrogen and oxygen atoms in total. The third-order valence-electron chi connectivity index (χ3n) is 6.84. The van der Waals surface area contributed by atoms with Crippen molar-refractivity contribution in [1.29, 1.82) is 0 Å². The summed E-state index contributed by atoms with van der Waals surface area (Å²) in [5, 5.41) is 5.33. The van der Waals surface area contributed by atoms with E-state index in [2.05, 4.69) is 15.0 Å². The average Bonchev–Trinajstić information content (AvgIpc) is 3.53. The summed E-state index contributed by atoms with van der Waals surface area (Å²) in [7, 11) is 0. The summed E-state index contributed by atoms with van der Waals surface area (Å²) in [5.41, 5.74) is 5.18. The van der Waals surface area contributed by atoms with Gasteiger partial charge in [-0.15, -0.1) is 0 Å². The van der Waals surface area contributed by atoms with E-state index in [-0.39, 0.29) is 0 Å². The first kappa shape index (κ1) is 22.9. The van der Waals surface area contributed by atoms with Crippen molar-refractivity contribution in [3.63, 3.8) is 0 Å². The van der Waals surface area contributed by atoms with E-state index in [0.717, 1.165) is 65.4 Å². The normalized spacial score (nSPS) is 11.8. The molecule has 0 unspecified atom stereocenters. The molecule has 9 heteroatoms. The molecule has 0 bridgehead atoms. The molecule has 0 aliphatic rings. The minimum absolute atomic E-state index is 0.403. The molecule has 7 rings (SSSR count). The van der Waals surface area contributed by atoms with Gasteiger partial charge in [-0.05, 0) is 54.6 Å². The monoisotopic (exact) mass is 519 g/mol. The Kier molecular flexibility index (Phi) is 4.74. The Bertz CT molecular complexity index is 1920. The van der Waals surface area contributed by atoms with Gasteiger partial charge < -0.3 is 29.2 Å². The summed E-state index contributed by atoms with van der Waals surface area (Å²) >= 11 is 0. The zero-order valence-electron chi connectivity index (χ0n) is 21.1. The minimum atomic E-state index is -0.403. The number of ether oxygens (including phenoxy) is 3. The number of hydrogen-bond acceptors (Lipinski definition) is 6. The van der Waals surface area contributed by atoms with Gasteiger partial charge >= 0.3 is 17.9 Å². The van der Waals surface area contributed by atoms with Gasteiger partial charge in [0, 0.05) is 69.6 Å². The second-order valence-electron chi connectivity index (χ2n) is 9.53. The van der Waals surface area contributed by atoms with Crippen LogP contribution in [0.4, 0.5) is 0 Å².